The van der Waals surface area contributed by atoms with Crippen LogP contribution in [0.5, 0.6) is 0 Å². The van der Waals surface area contributed by atoms with Crippen molar-refractivity contribution >= 4 is 22.5 Å². The number of halogens is 3. The van der Waals surface area contributed by atoms with E-state index in [0.717, 1.165) is 12.3 Å². The highest BCUT2D eigenvalue weighted by Crippen LogP contribution is 2.28. The number of hydrogen-bond acceptors (Lipinski definition) is 5. The second kappa shape index (κ2) is 5.89. The number of sulfone groups is 1. The van der Waals surface area contributed by atoms with Crippen LogP contribution in [0.4, 0.5) is 13.2 Å². The van der Waals surface area contributed by atoms with Crippen molar-refractivity contribution in [2.24, 2.45) is 0 Å². The third-order valence-electron chi connectivity index (χ3n) is 2.00. The van der Waals surface area contributed by atoms with Gasteiger partial charge in [-0.1, -0.05) is 6.07 Å². The lowest BCUT2D eigenvalue weighted by molar-refractivity contribution is -0.0438. The molecule has 1 rings (SSSR count). The first-order valence-corrected chi connectivity index (χ1v) is 6.98. The normalized spacial score (nSPS) is 12.7. The summed E-state index contributed by atoms with van der Waals surface area (Å²) < 4.78 is 58.7. The Bertz CT molecular complexity index is 486. The van der Waals surface area contributed by atoms with E-state index in [-0.39, 0.29) is 0 Å². The van der Waals surface area contributed by atoms with Crippen LogP contribution in [0.3, 0.4) is 0 Å². The molecule has 0 aliphatic carbocycles. The minimum absolute atomic E-state index is 0.389. The zero-order valence-corrected chi connectivity index (χ0v) is 10.8. The number of aromatic nitrogens is 1. The van der Waals surface area contributed by atoms with E-state index in [4.69, 9.17) is 0 Å². The molecule has 0 spiro atoms. The lowest BCUT2D eigenvalue weighted by Crippen LogP contribution is -2.24. The Labute approximate surface area is 108 Å². The minimum Gasteiger partial charge on any atom is -0.312 e. The summed E-state index contributed by atoms with van der Waals surface area (Å²) in [5.41, 5.74) is -4.73. The van der Waals surface area contributed by atoms with Crippen molar-refractivity contribution in [1.82, 2.24) is 10.3 Å². The van der Waals surface area contributed by atoms with Gasteiger partial charge in [-0.15, -0.1) is 0 Å². The fraction of sp³-hybridized carbons (Fsp3) is 0.444. The molecule has 0 saturated carbocycles. The average molecular weight is 300 g/mol. The molecule has 1 aromatic heterocycles. The van der Waals surface area contributed by atoms with E-state index in [2.05, 4.69) is 22.9 Å². The van der Waals surface area contributed by atoms with Gasteiger partial charge in [0.05, 0.1) is 0 Å². The van der Waals surface area contributed by atoms with E-state index in [0.29, 0.717) is 24.4 Å². The second-order valence-corrected chi connectivity index (χ2v) is 5.69. The first-order valence-electron chi connectivity index (χ1n) is 4.87. The second-order valence-electron chi connectivity index (χ2n) is 3.35. The molecule has 1 aromatic rings. The highest BCUT2D eigenvalue weighted by molar-refractivity contribution is 7.92. The molecule has 1 heterocycles. The molecule has 0 unspecified atom stereocenters. The quantitative estimate of drug-likeness (QED) is 0.637. The summed E-state index contributed by atoms with van der Waals surface area (Å²) in [5, 5.41) is 1.96. The van der Waals surface area contributed by atoms with Crippen LogP contribution in [0.15, 0.2) is 23.4 Å². The van der Waals surface area contributed by atoms with E-state index in [1.807, 2.05) is 0 Å². The van der Waals surface area contributed by atoms with E-state index in [1.54, 1.807) is 0 Å². The van der Waals surface area contributed by atoms with Crippen molar-refractivity contribution in [2.45, 2.75) is 17.1 Å². The van der Waals surface area contributed by atoms with Gasteiger partial charge in [0.1, 0.15) is 0 Å². The maximum absolute atomic E-state index is 12.2. The molecule has 1 N–H and O–H groups in total. The van der Waals surface area contributed by atoms with Gasteiger partial charge in [-0.3, -0.25) is 0 Å². The Balaban J connectivity index is 2.84. The van der Waals surface area contributed by atoms with Gasteiger partial charge >= 0.3 is 5.51 Å². The molecule has 0 atom stereocenters. The number of pyridine rings is 1. The molecule has 0 fully saturated rings. The molecule has 9 heteroatoms. The molecule has 102 valence electrons. The van der Waals surface area contributed by atoms with E-state index in [1.165, 1.54) is 6.07 Å². The molecule has 0 aliphatic heterocycles. The summed E-state index contributed by atoms with van der Waals surface area (Å²) in [6.45, 7) is 1.02. The SMILES string of the molecule is O=S(=O)(c1ccc(CNCCS)cn1)C(F)(F)F. The van der Waals surface area contributed by atoms with Crippen LogP contribution < -0.4 is 5.32 Å². The van der Waals surface area contributed by atoms with Crippen molar-refractivity contribution in [2.75, 3.05) is 12.3 Å². The standard InChI is InChI=1S/C9H11F3N2O2S2/c10-9(11,12)18(15,16)8-2-1-7(6-14-8)5-13-3-4-17/h1-2,6,13,17H,3-5H2. The highest BCUT2D eigenvalue weighted by Gasteiger charge is 2.47. The van der Waals surface area contributed by atoms with Crippen molar-refractivity contribution in [3.63, 3.8) is 0 Å². The molecule has 4 nitrogen and oxygen atoms in total. The van der Waals surface area contributed by atoms with E-state index >= 15 is 0 Å². The molecule has 0 radical (unpaired) electrons. The Hall–Kier alpha value is -0.800. The van der Waals surface area contributed by atoms with Crippen molar-refractivity contribution in [1.29, 1.82) is 0 Å². The fourth-order valence-corrected chi connectivity index (χ4v) is 1.94. The van der Waals surface area contributed by atoms with Gasteiger partial charge in [0.15, 0.2) is 5.03 Å². The van der Waals surface area contributed by atoms with Gasteiger partial charge in [-0.2, -0.15) is 25.8 Å². The maximum Gasteiger partial charge on any atom is 0.503 e. The lowest BCUT2D eigenvalue weighted by Gasteiger charge is -2.08. The zero-order chi connectivity index (χ0) is 13.8. The van der Waals surface area contributed by atoms with Gasteiger partial charge < -0.3 is 5.32 Å². The average Bonchev–Trinajstić information content (AvgIpc) is 2.28. The Morgan fingerprint density at radius 1 is 1.33 bits per heavy atom. The van der Waals surface area contributed by atoms with Gasteiger partial charge in [-0.05, 0) is 11.6 Å². The molecule has 0 saturated heterocycles. The predicted octanol–water partition coefficient (Wildman–Crippen LogP) is 1.39. The maximum atomic E-state index is 12.2. The summed E-state index contributed by atoms with van der Waals surface area (Å²) in [5.74, 6) is 0.619. The first-order chi connectivity index (χ1) is 8.29. The Morgan fingerprint density at radius 3 is 2.44 bits per heavy atom. The van der Waals surface area contributed by atoms with Crippen LogP contribution in [-0.2, 0) is 16.4 Å². The van der Waals surface area contributed by atoms with Crippen molar-refractivity contribution in [3.05, 3.63) is 23.9 Å². The van der Waals surface area contributed by atoms with Crippen LogP contribution in [0.2, 0.25) is 0 Å². The van der Waals surface area contributed by atoms with Gasteiger partial charge in [-0.25, -0.2) is 13.4 Å². The fourth-order valence-electron chi connectivity index (χ4n) is 1.10. The summed E-state index contributed by atoms with van der Waals surface area (Å²) in [6, 6.07) is 2.14. The third-order valence-corrected chi connectivity index (χ3v) is 3.62. The summed E-state index contributed by atoms with van der Waals surface area (Å²) in [7, 11) is -5.36. The Morgan fingerprint density at radius 2 is 2.00 bits per heavy atom. The van der Waals surface area contributed by atoms with E-state index in [9.17, 15) is 21.6 Å². The number of nitrogens with zero attached hydrogens (tertiary/aromatic N) is 1. The summed E-state index contributed by atoms with van der Waals surface area (Å²) >= 11 is 3.97. The number of alkyl halides is 3. The van der Waals surface area contributed by atoms with Crippen molar-refractivity contribution in [3.8, 4) is 0 Å². The topological polar surface area (TPSA) is 59.1 Å². The van der Waals surface area contributed by atoms with Crippen LogP contribution in [-0.4, -0.2) is 31.2 Å². The summed E-state index contributed by atoms with van der Waals surface area (Å²) in [6.07, 6.45) is 1.10. The Kier molecular flexibility index (Phi) is 5.00. The number of rotatable bonds is 5. The molecular formula is C9H11F3N2O2S2. The van der Waals surface area contributed by atoms with Crippen molar-refractivity contribution < 1.29 is 21.6 Å². The smallest absolute Gasteiger partial charge is 0.312 e. The van der Waals surface area contributed by atoms with Crippen LogP contribution >= 0.6 is 12.6 Å². The summed E-state index contributed by atoms with van der Waals surface area (Å²) in [4.78, 5) is 3.33. The molecule has 0 amide bonds. The van der Waals surface area contributed by atoms with Gasteiger partial charge in [0.2, 0.25) is 0 Å². The number of hydrogen-bond donors (Lipinski definition) is 2. The third kappa shape index (κ3) is 3.59. The predicted molar refractivity (Wildman–Crippen MR) is 63.0 cm³/mol. The highest BCUT2D eigenvalue weighted by atomic mass is 32.2. The van der Waals surface area contributed by atoms with Crippen LogP contribution in [0.25, 0.3) is 0 Å². The molecule has 18 heavy (non-hydrogen) atoms. The number of thiol groups is 1. The largest absolute Gasteiger partial charge is 0.503 e. The monoisotopic (exact) mass is 300 g/mol. The zero-order valence-electron chi connectivity index (χ0n) is 9.11. The van der Waals surface area contributed by atoms with Gasteiger partial charge in [0.25, 0.3) is 9.84 Å². The van der Waals surface area contributed by atoms with Crippen LogP contribution in [0.1, 0.15) is 5.56 Å². The number of nitrogens with one attached hydrogen (secondary N) is 1. The molecular weight excluding hydrogens is 289 g/mol. The minimum atomic E-state index is -5.36. The molecule has 0 aliphatic rings. The van der Waals surface area contributed by atoms with Gasteiger partial charge in [0, 0.05) is 25.0 Å². The van der Waals surface area contributed by atoms with Crippen LogP contribution in [0, 0.1) is 0 Å². The molecule has 0 bridgehead atoms. The van der Waals surface area contributed by atoms with E-state index < -0.39 is 20.4 Å². The lowest BCUT2D eigenvalue weighted by atomic mass is 10.3. The molecule has 0 aromatic carbocycles. The first kappa shape index (κ1) is 15.3.